The van der Waals surface area contributed by atoms with Crippen molar-refractivity contribution in [3.63, 3.8) is 0 Å². The van der Waals surface area contributed by atoms with Crippen molar-refractivity contribution in [1.82, 2.24) is 0 Å². The van der Waals surface area contributed by atoms with E-state index >= 15 is 0 Å². The maximum Gasteiger partial charge on any atom is 0.130 e. The molecule has 0 aromatic heterocycles. The predicted octanol–water partition coefficient (Wildman–Crippen LogP) is 4.62. The third kappa shape index (κ3) is 2.77. The zero-order valence-electron chi connectivity index (χ0n) is 15.8. The predicted molar refractivity (Wildman–Crippen MR) is 97.0 cm³/mol. The minimum absolute atomic E-state index is 0.817. The Bertz CT molecular complexity index is 698. The second-order valence-electron chi connectivity index (χ2n) is 5.82. The molecule has 130 valence electrons. The summed E-state index contributed by atoms with van der Waals surface area (Å²) in [6.45, 7) is 8.12. The molecule has 0 aliphatic carbocycles. The van der Waals surface area contributed by atoms with E-state index < -0.39 is 0 Å². The van der Waals surface area contributed by atoms with Crippen LogP contribution in [0.2, 0.25) is 0 Å². The van der Waals surface area contributed by atoms with Gasteiger partial charge in [-0.25, -0.2) is 0 Å². The highest BCUT2D eigenvalue weighted by Gasteiger charge is 2.21. The molecule has 4 nitrogen and oxygen atoms in total. The maximum absolute atomic E-state index is 5.70. The van der Waals surface area contributed by atoms with E-state index in [1.54, 1.807) is 28.4 Å². The van der Waals surface area contributed by atoms with Crippen molar-refractivity contribution >= 4 is 0 Å². The van der Waals surface area contributed by atoms with Crippen LogP contribution in [0.3, 0.4) is 0 Å². The molecule has 2 rings (SSSR count). The second-order valence-corrected chi connectivity index (χ2v) is 5.82. The molecular formula is C20H26O4. The lowest BCUT2D eigenvalue weighted by Gasteiger charge is -2.21. The van der Waals surface area contributed by atoms with Crippen LogP contribution in [0.4, 0.5) is 0 Å². The molecule has 0 aliphatic rings. The van der Waals surface area contributed by atoms with E-state index in [1.807, 2.05) is 39.8 Å². The summed E-state index contributed by atoms with van der Waals surface area (Å²) >= 11 is 0. The Balaban J connectivity index is 2.90. The molecule has 0 atom stereocenters. The summed E-state index contributed by atoms with van der Waals surface area (Å²) in [7, 11) is 6.72. The number of benzene rings is 2. The summed E-state index contributed by atoms with van der Waals surface area (Å²) in [4.78, 5) is 0. The molecule has 2 aromatic rings. The third-order valence-corrected chi connectivity index (χ3v) is 4.72. The van der Waals surface area contributed by atoms with Gasteiger partial charge >= 0.3 is 0 Å². The average Bonchev–Trinajstić information content (AvgIpc) is 2.59. The SMILES string of the molecule is COc1cc(-c2cc(OC)c(C)c(C)c2OC)c(OC)c(C)c1C. The Morgan fingerprint density at radius 2 is 0.833 bits per heavy atom. The lowest BCUT2D eigenvalue weighted by Crippen LogP contribution is -2.01. The van der Waals surface area contributed by atoms with Crippen LogP contribution in [-0.4, -0.2) is 28.4 Å². The van der Waals surface area contributed by atoms with Gasteiger partial charge in [0.05, 0.1) is 28.4 Å². The second kappa shape index (κ2) is 7.04. The summed E-state index contributed by atoms with van der Waals surface area (Å²) < 4.78 is 22.5. The van der Waals surface area contributed by atoms with Crippen molar-refractivity contribution < 1.29 is 18.9 Å². The molecule has 0 radical (unpaired) electrons. The Hall–Kier alpha value is -2.36. The largest absolute Gasteiger partial charge is 0.496 e. The van der Waals surface area contributed by atoms with Gasteiger partial charge in [0.1, 0.15) is 23.0 Å². The average molecular weight is 330 g/mol. The van der Waals surface area contributed by atoms with E-state index in [9.17, 15) is 0 Å². The van der Waals surface area contributed by atoms with Crippen LogP contribution in [-0.2, 0) is 0 Å². The molecule has 0 bridgehead atoms. The fourth-order valence-corrected chi connectivity index (χ4v) is 3.07. The Labute approximate surface area is 144 Å². The molecule has 24 heavy (non-hydrogen) atoms. The van der Waals surface area contributed by atoms with Crippen LogP contribution in [0.5, 0.6) is 23.0 Å². The molecule has 0 amide bonds. The molecule has 0 spiro atoms. The van der Waals surface area contributed by atoms with Crippen LogP contribution < -0.4 is 18.9 Å². The van der Waals surface area contributed by atoms with Crippen molar-refractivity contribution in [3.8, 4) is 34.1 Å². The first-order chi connectivity index (χ1) is 11.4. The number of hydrogen-bond donors (Lipinski definition) is 0. The zero-order chi connectivity index (χ0) is 18.0. The Morgan fingerprint density at radius 1 is 0.500 bits per heavy atom. The van der Waals surface area contributed by atoms with Gasteiger partial charge in [-0.3, -0.25) is 0 Å². The Kier molecular flexibility index (Phi) is 5.27. The quantitative estimate of drug-likeness (QED) is 0.801. The molecule has 0 heterocycles. The van der Waals surface area contributed by atoms with Crippen LogP contribution in [0.25, 0.3) is 11.1 Å². The fraction of sp³-hybridized carbons (Fsp3) is 0.400. The smallest absolute Gasteiger partial charge is 0.130 e. The molecule has 0 saturated heterocycles. The molecule has 2 aromatic carbocycles. The number of ether oxygens (including phenoxy) is 4. The first kappa shape index (κ1) is 18.0. The normalized spacial score (nSPS) is 10.5. The summed E-state index contributed by atoms with van der Waals surface area (Å²) in [6, 6.07) is 3.99. The van der Waals surface area contributed by atoms with Gasteiger partial charge in [0.25, 0.3) is 0 Å². The third-order valence-electron chi connectivity index (χ3n) is 4.72. The summed E-state index contributed by atoms with van der Waals surface area (Å²) in [5.74, 6) is 3.28. The fourth-order valence-electron chi connectivity index (χ4n) is 3.07. The highest BCUT2D eigenvalue weighted by molar-refractivity contribution is 5.82. The highest BCUT2D eigenvalue weighted by atomic mass is 16.5. The van der Waals surface area contributed by atoms with Crippen LogP contribution >= 0.6 is 0 Å². The molecule has 0 saturated carbocycles. The van der Waals surface area contributed by atoms with Gasteiger partial charge in [-0.2, -0.15) is 0 Å². The van der Waals surface area contributed by atoms with Crippen LogP contribution in [0, 0.1) is 27.7 Å². The van der Waals surface area contributed by atoms with Gasteiger partial charge in [0.2, 0.25) is 0 Å². The number of rotatable bonds is 5. The molecule has 0 N–H and O–H groups in total. The van der Waals surface area contributed by atoms with E-state index in [-0.39, 0.29) is 0 Å². The molecular weight excluding hydrogens is 304 g/mol. The summed E-state index contributed by atoms with van der Waals surface area (Å²) in [5, 5.41) is 0. The van der Waals surface area contributed by atoms with Gasteiger partial charge in [0, 0.05) is 11.1 Å². The highest BCUT2D eigenvalue weighted by Crippen LogP contribution is 2.46. The summed E-state index contributed by atoms with van der Waals surface area (Å²) in [6.07, 6.45) is 0. The first-order valence-electron chi connectivity index (χ1n) is 7.85. The lowest BCUT2D eigenvalue weighted by molar-refractivity contribution is 0.394. The monoisotopic (exact) mass is 330 g/mol. The molecule has 0 unspecified atom stereocenters. The van der Waals surface area contributed by atoms with Crippen LogP contribution in [0.1, 0.15) is 22.3 Å². The van der Waals surface area contributed by atoms with E-state index in [2.05, 4.69) is 0 Å². The standard InChI is InChI=1S/C20H26O4/c1-11-13(3)19(23-7)15(9-17(11)21-5)16-10-18(22-6)12(2)14(4)20(16)24-8/h9-10H,1-8H3. The minimum Gasteiger partial charge on any atom is -0.496 e. The van der Waals surface area contributed by atoms with Gasteiger partial charge < -0.3 is 18.9 Å². The van der Waals surface area contributed by atoms with Gasteiger partial charge in [-0.1, -0.05) is 0 Å². The van der Waals surface area contributed by atoms with E-state index in [0.717, 1.165) is 56.4 Å². The van der Waals surface area contributed by atoms with E-state index in [4.69, 9.17) is 18.9 Å². The van der Waals surface area contributed by atoms with Gasteiger partial charge in [-0.05, 0) is 62.1 Å². The minimum atomic E-state index is 0.817. The van der Waals surface area contributed by atoms with Crippen molar-refractivity contribution in [2.45, 2.75) is 27.7 Å². The van der Waals surface area contributed by atoms with Crippen molar-refractivity contribution in [2.75, 3.05) is 28.4 Å². The van der Waals surface area contributed by atoms with Crippen molar-refractivity contribution in [3.05, 3.63) is 34.4 Å². The van der Waals surface area contributed by atoms with Gasteiger partial charge in [0.15, 0.2) is 0 Å². The lowest BCUT2D eigenvalue weighted by atomic mass is 9.93. The number of methoxy groups -OCH3 is 4. The van der Waals surface area contributed by atoms with Crippen LogP contribution in [0.15, 0.2) is 12.1 Å². The molecule has 0 aliphatic heterocycles. The zero-order valence-corrected chi connectivity index (χ0v) is 15.8. The van der Waals surface area contributed by atoms with Crippen molar-refractivity contribution in [2.24, 2.45) is 0 Å². The molecule has 4 heteroatoms. The van der Waals surface area contributed by atoms with Crippen molar-refractivity contribution in [1.29, 1.82) is 0 Å². The topological polar surface area (TPSA) is 36.9 Å². The Morgan fingerprint density at radius 3 is 1.08 bits per heavy atom. The molecule has 0 fully saturated rings. The van der Waals surface area contributed by atoms with Gasteiger partial charge in [-0.15, -0.1) is 0 Å². The number of hydrogen-bond acceptors (Lipinski definition) is 4. The first-order valence-corrected chi connectivity index (χ1v) is 7.85. The maximum atomic E-state index is 5.70. The summed E-state index contributed by atoms with van der Waals surface area (Å²) in [5.41, 5.74) is 6.07. The van der Waals surface area contributed by atoms with E-state index in [1.165, 1.54) is 0 Å². The van der Waals surface area contributed by atoms with E-state index in [0.29, 0.717) is 0 Å².